The molecule has 0 N–H and O–H groups in total. The summed E-state index contributed by atoms with van der Waals surface area (Å²) < 4.78 is 9.18. The number of tetrazole rings is 1. The molecule has 22 heavy (non-hydrogen) atoms. The molecule has 0 fully saturated rings. The molecule has 0 aliphatic carbocycles. The molecule has 7 nitrogen and oxygen atoms in total. The van der Waals surface area contributed by atoms with E-state index in [9.17, 15) is 4.79 Å². The van der Waals surface area contributed by atoms with Crippen LogP contribution in [0.4, 0.5) is 0 Å². The molecule has 0 saturated heterocycles. The zero-order chi connectivity index (χ0) is 15.5. The molecule has 112 valence electrons. The normalized spacial score (nSPS) is 10.6. The highest BCUT2D eigenvalue weighted by atomic mass is 127. The topological polar surface area (TPSA) is 74.8 Å². The number of rotatable bonds is 4. The van der Waals surface area contributed by atoms with E-state index in [0.717, 1.165) is 9.13 Å². The van der Waals surface area contributed by atoms with Crippen LogP contribution in [0.15, 0.2) is 47.5 Å². The van der Waals surface area contributed by atoms with Gasteiger partial charge >= 0.3 is 5.69 Å². The minimum atomic E-state index is -0.301. The van der Waals surface area contributed by atoms with Crippen molar-refractivity contribution < 1.29 is 4.74 Å². The summed E-state index contributed by atoms with van der Waals surface area (Å²) >= 11 is 2.21. The second-order valence-electron chi connectivity index (χ2n) is 4.51. The van der Waals surface area contributed by atoms with Crippen molar-refractivity contribution in [2.75, 3.05) is 0 Å². The van der Waals surface area contributed by atoms with Gasteiger partial charge < -0.3 is 4.74 Å². The third-order valence-electron chi connectivity index (χ3n) is 3.06. The highest BCUT2D eigenvalue weighted by molar-refractivity contribution is 14.1. The highest BCUT2D eigenvalue weighted by Gasteiger charge is 2.14. The summed E-state index contributed by atoms with van der Waals surface area (Å²) in [5, 5.41) is 7.63. The Morgan fingerprint density at radius 2 is 2.09 bits per heavy atom. The van der Waals surface area contributed by atoms with Crippen LogP contribution < -0.4 is 10.4 Å². The van der Waals surface area contributed by atoms with Gasteiger partial charge in [-0.05, 0) is 57.3 Å². The Hall–Kier alpha value is -2.23. The van der Waals surface area contributed by atoms with Crippen molar-refractivity contribution in [3.05, 3.63) is 62.3 Å². The average molecular weight is 409 g/mol. The summed E-state index contributed by atoms with van der Waals surface area (Å²) in [5.74, 6) is 0.666. The Morgan fingerprint density at radius 1 is 1.23 bits per heavy atom. The van der Waals surface area contributed by atoms with Gasteiger partial charge in [0.1, 0.15) is 12.4 Å². The van der Waals surface area contributed by atoms with Gasteiger partial charge in [0.15, 0.2) is 0 Å². The van der Waals surface area contributed by atoms with Crippen LogP contribution in [0.2, 0.25) is 0 Å². The van der Waals surface area contributed by atoms with E-state index in [4.69, 9.17) is 4.74 Å². The summed E-state index contributed by atoms with van der Waals surface area (Å²) in [4.78, 5) is 16.1. The molecule has 0 amide bonds. The summed E-state index contributed by atoms with van der Waals surface area (Å²) in [6.45, 7) is 0.309. The molecule has 2 aromatic heterocycles. The SMILES string of the molecule is Cn1nnn(-c2cccc(I)c2COc2cccnc2)c1=O. The Balaban J connectivity index is 1.97. The van der Waals surface area contributed by atoms with E-state index in [2.05, 4.69) is 38.0 Å². The second kappa shape index (κ2) is 6.26. The molecule has 3 rings (SSSR count). The largest absolute Gasteiger partial charge is 0.487 e. The summed E-state index contributed by atoms with van der Waals surface area (Å²) in [7, 11) is 1.56. The van der Waals surface area contributed by atoms with Crippen LogP contribution in [-0.2, 0) is 13.7 Å². The van der Waals surface area contributed by atoms with Crippen LogP contribution in [0, 0.1) is 3.57 Å². The number of pyridine rings is 1. The molecule has 8 heteroatoms. The van der Waals surface area contributed by atoms with E-state index in [1.165, 1.54) is 9.36 Å². The smallest absolute Gasteiger partial charge is 0.368 e. The van der Waals surface area contributed by atoms with Crippen molar-refractivity contribution >= 4 is 22.6 Å². The molecule has 1 aromatic carbocycles. The molecule has 0 atom stereocenters. The van der Waals surface area contributed by atoms with E-state index >= 15 is 0 Å². The van der Waals surface area contributed by atoms with Crippen LogP contribution in [0.1, 0.15) is 5.56 Å². The van der Waals surface area contributed by atoms with Crippen molar-refractivity contribution in [1.82, 2.24) is 24.8 Å². The Kier molecular flexibility index (Phi) is 4.18. The first-order chi connectivity index (χ1) is 10.7. The zero-order valence-corrected chi connectivity index (χ0v) is 13.8. The predicted molar refractivity (Wildman–Crippen MR) is 87.9 cm³/mol. The zero-order valence-electron chi connectivity index (χ0n) is 11.7. The van der Waals surface area contributed by atoms with Crippen LogP contribution in [0.25, 0.3) is 5.69 Å². The Morgan fingerprint density at radius 3 is 2.77 bits per heavy atom. The number of ether oxygens (including phenoxy) is 1. The van der Waals surface area contributed by atoms with E-state index in [1.807, 2.05) is 24.3 Å². The van der Waals surface area contributed by atoms with Crippen molar-refractivity contribution in [3.63, 3.8) is 0 Å². The van der Waals surface area contributed by atoms with Crippen molar-refractivity contribution in [3.8, 4) is 11.4 Å². The maximum atomic E-state index is 12.1. The van der Waals surface area contributed by atoms with Crippen molar-refractivity contribution in [1.29, 1.82) is 0 Å². The lowest BCUT2D eigenvalue weighted by atomic mass is 10.2. The lowest BCUT2D eigenvalue weighted by Gasteiger charge is -2.11. The van der Waals surface area contributed by atoms with Crippen LogP contribution in [0.3, 0.4) is 0 Å². The Labute approximate surface area is 139 Å². The van der Waals surface area contributed by atoms with E-state index < -0.39 is 0 Å². The summed E-state index contributed by atoms with van der Waals surface area (Å²) in [6, 6.07) is 9.27. The molecular formula is C14H12IN5O2. The van der Waals surface area contributed by atoms with Gasteiger partial charge in [0.05, 0.1) is 11.9 Å². The van der Waals surface area contributed by atoms with Gasteiger partial charge in [-0.3, -0.25) is 4.98 Å². The molecule has 2 heterocycles. The van der Waals surface area contributed by atoms with Gasteiger partial charge in [-0.1, -0.05) is 6.07 Å². The number of hydrogen-bond acceptors (Lipinski definition) is 5. The van der Waals surface area contributed by atoms with Crippen molar-refractivity contribution in [2.24, 2.45) is 7.05 Å². The molecule has 0 saturated carbocycles. The highest BCUT2D eigenvalue weighted by Crippen LogP contribution is 2.21. The molecule has 3 aromatic rings. The number of aromatic nitrogens is 5. The Bertz CT molecular complexity index is 844. The van der Waals surface area contributed by atoms with Gasteiger partial charge in [-0.15, -0.1) is 0 Å². The maximum Gasteiger partial charge on any atom is 0.368 e. The van der Waals surface area contributed by atoms with E-state index in [1.54, 1.807) is 25.5 Å². The van der Waals surface area contributed by atoms with E-state index in [0.29, 0.717) is 18.0 Å². The number of benzene rings is 1. The van der Waals surface area contributed by atoms with Gasteiger partial charge in [-0.25, -0.2) is 4.79 Å². The number of aryl methyl sites for hydroxylation is 1. The fourth-order valence-electron chi connectivity index (χ4n) is 1.94. The molecule has 0 spiro atoms. The minimum Gasteiger partial charge on any atom is -0.487 e. The first-order valence-electron chi connectivity index (χ1n) is 6.46. The standard InChI is InChI=1S/C14H12IN5O2/c1-19-14(21)20(18-17-19)13-6-2-5-12(15)11(13)9-22-10-4-3-7-16-8-10/h2-8H,9H2,1H3. The van der Waals surface area contributed by atoms with Gasteiger partial charge in [0.25, 0.3) is 0 Å². The molecule has 0 aliphatic rings. The van der Waals surface area contributed by atoms with Gasteiger partial charge in [-0.2, -0.15) is 9.36 Å². The fraction of sp³-hybridized carbons (Fsp3) is 0.143. The number of halogens is 1. The van der Waals surface area contributed by atoms with Crippen LogP contribution >= 0.6 is 22.6 Å². The third kappa shape index (κ3) is 2.86. The number of hydrogen-bond donors (Lipinski definition) is 0. The van der Waals surface area contributed by atoms with Crippen molar-refractivity contribution in [2.45, 2.75) is 6.61 Å². The lowest BCUT2D eigenvalue weighted by Crippen LogP contribution is -2.23. The monoisotopic (exact) mass is 409 g/mol. The second-order valence-corrected chi connectivity index (χ2v) is 5.67. The predicted octanol–water partition coefficient (Wildman–Crippen LogP) is 1.54. The summed E-state index contributed by atoms with van der Waals surface area (Å²) in [5.41, 5.74) is 1.23. The first-order valence-corrected chi connectivity index (χ1v) is 7.54. The molecular weight excluding hydrogens is 397 g/mol. The quantitative estimate of drug-likeness (QED) is 0.612. The molecule has 0 unspecified atom stereocenters. The molecule has 0 aliphatic heterocycles. The lowest BCUT2D eigenvalue weighted by molar-refractivity contribution is 0.303. The fourth-order valence-corrected chi connectivity index (χ4v) is 2.58. The first kappa shape index (κ1) is 14.7. The van der Waals surface area contributed by atoms with Gasteiger partial charge in [0.2, 0.25) is 0 Å². The van der Waals surface area contributed by atoms with Gasteiger partial charge in [0, 0.05) is 22.4 Å². The number of nitrogens with zero attached hydrogens (tertiary/aromatic N) is 5. The van der Waals surface area contributed by atoms with Crippen LogP contribution in [-0.4, -0.2) is 24.8 Å². The third-order valence-corrected chi connectivity index (χ3v) is 4.07. The van der Waals surface area contributed by atoms with E-state index in [-0.39, 0.29) is 5.69 Å². The minimum absolute atomic E-state index is 0.301. The average Bonchev–Trinajstić information content (AvgIpc) is 2.86. The molecule has 0 bridgehead atoms. The maximum absolute atomic E-state index is 12.1. The summed E-state index contributed by atoms with van der Waals surface area (Å²) in [6.07, 6.45) is 3.33. The molecule has 0 radical (unpaired) electrons. The van der Waals surface area contributed by atoms with Crippen LogP contribution in [0.5, 0.6) is 5.75 Å².